The monoisotopic (exact) mass is 335 g/mol. The van der Waals surface area contributed by atoms with Gasteiger partial charge in [-0.3, -0.25) is 9.59 Å². The van der Waals surface area contributed by atoms with Gasteiger partial charge in [0.25, 0.3) is 5.91 Å². The lowest BCUT2D eigenvalue weighted by atomic mass is 9.90. The minimum Gasteiger partial charge on any atom is -0.346 e. The van der Waals surface area contributed by atoms with Crippen molar-refractivity contribution in [2.75, 3.05) is 17.6 Å². The van der Waals surface area contributed by atoms with Gasteiger partial charge < -0.3 is 16.4 Å². The Morgan fingerprint density at radius 3 is 2.87 bits per heavy atom. The van der Waals surface area contributed by atoms with Gasteiger partial charge in [-0.1, -0.05) is 13.8 Å². The molecule has 4 N–H and O–H groups in total. The summed E-state index contributed by atoms with van der Waals surface area (Å²) in [5.41, 5.74) is 6.67. The number of nitrogens with one attached hydrogen (secondary N) is 2. The maximum absolute atomic E-state index is 12.6. The van der Waals surface area contributed by atoms with Crippen molar-refractivity contribution in [3.63, 3.8) is 0 Å². The fourth-order valence-electron chi connectivity index (χ4n) is 2.79. The molecule has 23 heavy (non-hydrogen) atoms. The maximum atomic E-state index is 12.6. The Hall–Kier alpha value is -1.53. The van der Waals surface area contributed by atoms with E-state index >= 15 is 0 Å². The largest absolute Gasteiger partial charge is 0.346 e. The van der Waals surface area contributed by atoms with E-state index < -0.39 is 5.54 Å². The first-order valence-corrected chi connectivity index (χ1v) is 8.91. The van der Waals surface area contributed by atoms with Gasteiger partial charge in [0.05, 0.1) is 5.69 Å². The van der Waals surface area contributed by atoms with E-state index in [1.807, 2.05) is 13.0 Å². The number of nitrogens with two attached hydrogens (primary N) is 1. The molecule has 1 unspecified atom stereocenters. The third kappa shape index (κ3) is 4.72. The molecule has 1 aromatic carbocycles. The Balaban J connectivity index is 2.18. The van der Waals surface area contributed by atoms with E-state index in [0.29, 0.717) is 30.1 Å². The normalized spacial score (nSPS) is 17.0. The van der Waals surface area contributed by atoms with Gasteiger partial charge in [-0.25, -0.2) is 0 Å². The number of hydrogen-bond acceptors (Lipinski definition) is 4. The van der Waals surface area contributed by atoms with E-state index in [9.17, 15) is 9.59 Å². The van der Waals surface area contributed by atoms with Gasteiger partial charge in [-0.2, -0.15) is 0 Å². The van der Waals surface area contributed by atoms with Gasteiger partial charge in [0.1, 0.15) is 0 Å². The fourth-order valence-corrected chi connectivity index (χ4v) is 3.73. The predicted octanol–water partition coefficient (Wildman–Crippen LogP) is 2.61. The molecule has 0 spiro atoms. The van der Waals surface area contributed by atoms with Crippen LogP contribution in [0.3, 0.4) is 0 Å². The first-order valence-electron chi connectivity index (χ1n) is 7.92. The van der Waals surface area contributed by atoms with Gasteiger partial charge in [0.15, 0.2) is 0 Å². The summed E-state index contributed by atoms with van der Waals surface area (Å²) in [6, 6.07) is 5.43. The molecule has 1 aliphatic heterocycles. The molecule has 0 bridgehead atoms. The minimum absolute atomic E-state index is 0.0135. The highest BCUT2D eigenvalue weighted by atomic mass is 32.2. The van der Waals surface area contributed by atoms with Crippen LogP contribution in [0.15, 0.2) is 23.1 Å². The van der Waals surface area contributed by atoms with Crippen LogP contribution >= 0.6 is 11.8 Å². The number of benzene rings is 1. The van der Waals surface area contributed by atoms with E-state index in [1.54, 1.807) is 23.9 Å². The van der Waals surface area contributed by atoms with E-state index in [1.165, 1.54) is 0 Å². The summed E-state index contributed by atoms with van der Waals surface area (Å²) in [7, 11) is 0. The molecule has 126 valence electrons. The summed E-state index contributed by atoms with van der Waals surface area (Å²) in [5.74, 6) is 1.01. The number of thioether (sulfide) groups is 1. The molecule has 5 nitrogen and oxygen atoms in total. The highest BCUT2D eigenvalue weighted by Gasteiger charge is 2.26. The lowest BCUT2D eigenvalue weighted by Gasteiger charge is -2.31. The summed E-state index contributed by atoms with van der Waals surface area (Å²) >= 11 is 1.62. The van der Waals surface area contributed by atoms with Gasteiger partial charge in [-0.05, 0) is 37.5 Å². The van der Waals surface area contributed by atoms with E-state index in [2.05, 4.69) is 24.5 Å². The van der Waals surface area contributed by atoms with Crippen LogP contribution in [-0.4, -0.2) is 29.7 Å². The third-order valence-corrected chi connectivity index (χ3v) is 4.90. The number of carbonyl (C=O) groups excluding carboxylic acids is 2. The lowest BCUT2D eigenvalue weighted by Crippen LogP contribution is -2.52. The summed E-state index contributed by atoms with van der Waals surface area (Å²) < 4.78 is 0. The molecule has 0 radical (unpaired) electrons. The van der Waals surface area contributed by atoms with E-state index in [4.69, 9.17) is 5.73 Å². The van der Waals surface area contributed by atoms with Crippen LogP contribution in [0.2, 0.25) is 0 Å². The van der Waals surface area contributed by atoms with Crippen molar-refractivity contribution in [3.05, 3.63) is 23.8 Å². The molecule has 2 rings (SSSR count). The van der Waals surface area contributed by atoms with Crippen LogP contribution in [0.5, 0.6) is 0 Å². The SMILES string of the molecule is CC(C)CC(C)(CN)NC(=O)c1ccc2c(c1)NC(=O)CCS2. The van der Waals surface area contributed by atoms with Crippen LogP contribution in [0.1, 0.15) is 44.0 Å². The summed E-state index contributed by atoms with van der Waals surface area (Å²) in [4.78, 5) is 25.2. The molecule has 0 aliphatic carbocycles. The van der Waals surface area contributed by atoms with Crippen LogP contribution in [0, 0.1) is 5.92 Å². The predicted molar refractivity (Wildman–Crippen MR) is 94.8 cm³/mol. The fraction of sp³-hybridized carbons (Fsp3) is 0.529. The molecule has 0 saturated carbocycles. The second-order valence-corrected chi connectivity index (χ2v) is 7.81. The van der Waals surface area contributed by atoms with Crippen LogP contribution < -0.4 is 16.4 Å². The second kappa shape index (κ2) is 7.36. The Morgan fingerprint density at radius 2 is 2.22 bits per heavy atom. The zero-order chi connectivity index (χ0) is 17.0. The average Bonchev–Trinajstić information content (AvgIpc) is 2.65. The molecular formula is C17H25N3O2S. The quantitative estimate of drug-likeness (QED) is 0.772. The first kappa shape index (κ1) is 17.8. The van der Waals surface area contributed by atoms with Crippen molar-refractivity contribution in [3.8, 4) is 0 Å². The average molecular weight is 335 g/mol. The zero-order valence-corrected chi connectivity index (χ0v) is 14.8. The second-order valence-electron chi connectivity index (χ2n) is 6.67. The summed E-state index contributed by atoms with van der Waals surface area (Å²) in [6.07, 6.45) is 1.30. The van der Waals surface area contributed by atoms with E-state index in [0.717, 1.165) is 17.1 Å². The molecule has 0 fully saturated rings. The molecule has 0 aromatic heterocycles. The lowest BCUT2D eigenvalue weighted by molar-refractivity contribution is -0.115. The molecule has 1 aliphatic rings. The highest BCUT2D eigenvalue weighted by molar-refractivity contribution is 7.99. The van der Waals surface area contributed by atoms with Crippen molar-refractivity contribution < 1.29 is 9.59 Å². The Bertz CT molecular complexity index is 604. The van der Waals surface area contributed by atoms with Gasteiger partial charge in [0, 0.05) is 34.7 Å². The molecule has 1 atom stereocenters. The molecule has 1 heterocycles. The molecule has 1 aromatic rings. The highest BCUT2D eigenvalue weighted by Crippen LogP contribution is 2.31. The molecular weight excluding hydrogens is 310 g/mol. The number of carbonyl (C=O) groups is 2. The number of anilines is 1. The minimum atomic E-state index is -0.434. The first-order chi connectivity index (χ1) is 10.8. The summed E-state index contributed by atoms with van der Waals surface area (Å²) in [5, 5.41) is 5.90. The summed E-state index contributed by atoms with van der Waals surface area (Å²) in [6.45, 7) is 6.56. The van der Waals surface area contributed by atoms with Crippen molar-refractivity contribution in [1.29, 1.82) is 0 Å². The van der Waals surface area contributed by atoms with Gasteiger partial charge in [-0.15, -0.1) is 11.8 Å². The smallest absolute Gasteiger partial charge is 0.251 e. The number of amides is 2. The molecule has 2 amide bonds. The number of fused-ring (bicyclic) bond motifs is 1. The zero-order valence-electron chi connectivity index (χ0n) is 13.9. The topological polar surface area (TPSA) is 84.2 Å². The van der Waals surface area contributed by atoms with Crippen LogP contribution in [0.25, 0.3) is 0 Å². The maximum Gasteiger partial charge on any atom is 0.251 e. The van der Waals surface area contributed by atoms with Crippen molar-refractivity contribution in [1.82, 2.24) is 5.32 Å². The molecule has 6 heteroatoms. The standard InChI is InChI=1S/C17H25N3O2S/c1-11(2)9-17(3,10-18)20-16(22)12-4-5-14-13(8-12)19-15(21)6-7-23-14/h4-5,8,11H,6-7,9-10,18H2,1-3H3,(H,19,21)(H,20,22). The number of rotatable bonds is 5. The third-order valence-electron chi connectivity index (χ3n) is 3.83. The molecule has 0 saturated heterocycles. The van der Waals surface area contributed by atoms with Crippen molar-refractivity contribution in [2.24, 2.45) is 11.7 Å². The van der Waals surface area contributed by atoms with Gasteiger partial charge in [0.2, 0.25) is 5.91 Å². The Kier molecular flexibility index (Phi) is 5.70. The Labute approximate surface area is 141 Å². The van der Waals surface area contributed by atoms with E-state index in [-0.39, 0.29) is 11.8 Å². The van der Waals surface area contributed by atoms with Gasteiger partial charge >= 0.3 is 0 Å². The Morgan fingerprint density at radius 1 is 1.48 bits per heavy atom. The van der Waals surface area contributed by atoms with Crippen LogP contribution in [0.4, 0.5) is 5.69 Å². The van der Waals surface area contributed by atoms with Crippen molar-refractivity contribution in [2.45, 2.75) is 44.0 Å². The van der Waals surface area contributed by atoms with Crippen LogP contribution in [-0.2, 0) is 4.79 Å². The van der Waals surface area contributed by atoms with Crippen molar-refractivity contribution >= 4 is 29.3 Å². The number of hydrogen-bond donors (Lipinski definition) is 3.